The number of ether oxygens (including phenoxy) is 1. The minimum absolute atomic E-state index is 0.0881. The van der Waals surface area contributed by atoms with Crippen molar-refractivity contribution in [1.29, 1.82) is 0 Å². The molecule has 0 bridgehead atoms. The Labute approximate surface area is 104 Å². The average molecular weight is 251 g/mol. The molecular formula is C12H13NO3S. The van der Waals surface area contributed by atoms with Gasteiger partial charge in [-0.2, -0.15) is 0 Å². The van der Waals surface area contributed by atoms with Crippen molar-refractivity contribution < 1.29 is 14.6 Å². The van der Waals surface area contributed by atoms with Crippen LogP contribution in [0, 0.1) is 11.8 Å². The molecule has 1 fully saturated rings. The Balaban J connectivity index is 1.94. The standard InChI is InChI=1S/C12H13NO3S/c14-7-2-1-3-10-4-5-11(17-10)9-13-6-8-16-12(13)15/h4-5,14H,2,6-9H2. The Kier molecular flexibility index (Phi) is 4.02. The second kappa shape index (κ2) is 5.71. The quantitative estimate of drug-likeness (QED) is 0.827. The number of hydrogen-bond acceptors (Lipinski definition) is 4. The maximum Gasteiger partial charge on any atom is 0.410 e. The van der Waals surface area contributed by atoms with Gasteiger partial charge in [0.25, 0.3) is 0 Å². The molecule has 0 aliphatic carbocycles. The van der Waals surface area contributed by atoms with E-state index in [1.807, 2.05) is 12.1 Å². The van der Waals surface area contributed by atoms with E-state index in [-0.39, 0.29) is 12.7 Å². The van der Waals surface area contributed by atoms with E-state index < -0.39 is 0 Å². The summed E-state index contributed by atoms with van der Waals surface area (Å²) in [4.78, 5) is 15.0. The lowest BCUT2D eigenvalue weighted by atomic mass is 10.4. The molecule has 0 aromatic carbocycles. The van der Waals surface area contributed by atoms with Gasteiger partial charge in [-0.25, -0.2) is 4.79 Å². The number of thiophene rings is 1. The molecule has 1 saturated heterocycles. The van der Waals surface area contributed by atoms with Gasteiger partial charge in [-0.3, -0.25) is 4.90 Å². The lowest BCUT2D eigenvalue weighted by molar-refractivity contribution is 0.157. The number of rotatable bonds is 3. The Hall–Kier alpha value is -1.51. The van der Waals surface area contributed by atoms with Gasteiger partial charge in [0.1, 0.15) is 6.61 Å². The molecule has 1 aromatic rings. The van der Waals surface area contributed by atoms with E-state index in [4.69, 9.17) is 9.84 Å². The number of carbonyl (C=O) groups is 1. The largest absolute Gasteiger partial charge is 0.448 e. The van der Waals surface area contributed by atoms with E-state index in [9.17, 15) is 4.79 Å². The number of hydrogen-bond donors (Lipinski definition) is 1. The average Bonchev–Trinajstić information content (AvgIpc) is 2.91. The lowest BCUT2D eigenvalue weighted by Crippen LogP contribution is -2.22. The van der Waals surface area contributed by atoms with Crippen molar-refractivity contribution in [3.8, 4) is 11.8 Å². The van der Waals surface area contributed by atoms with Gasteiger partial charge in [-0.15, -0.1) is 11.3 Å². The molecule has 0 unspecified atom stereocenters. The molecule has 1 amide bonds. The fourth-order valence-corrected chi connectivity index (χ4v) is 2.39. The SMILES string of the molecule is O=C1OCCN1Cc1ccc(C#CCCO)s1. The normalized spacial score (nSPS) is 14.4. The van der Waals surface area contributed by atoms with Crippen molar-refractivity contribution in [2.75, 3.05) is 19.8 Å². The fraction of sp³-hybridized carbons (Fsp3) is 0.417. The van der Waals surface area contributed by atoms with Gasteiger partial charge in [0.2, 0.25) is 0 Å². The Morgan fingerprint density at radius 2 is 2.41 bits per heavy atom. The van der Waals surface area contributed by atoms with Gasteiger partial charge in [-0.05, 0) is 12.1 Å². The highest BCUT2D eigenvalue weighted by Crippen LogP contribution is 2.19. The Morgan fingerprint density at radius 3 is 3.12 bits per heavy atom. The summed E-state index contributed by atoms with van der Waals surface area (Å²) in [6.07, 6.45) is 0.248. The van der Waals surface area contributed by atoms with Gasteiger partial charge in [0, 0.05) is 11.3 Å². The molecule has 90 valence electrons. The number of aliphatic hydroxyl groups is 1. The van der Waals surface area contributed by atoms with E-state index in [2.05, 4.69) is 11.8 Å². The zero-order valence-corrected chi connectivity index (χ0v) is 10.1. The van der Waals surface area contributed by atoms with Gasteiger partial charge in [-0.1, -0.05) is 11.8 Å². The third-order valence-electron chi connectivity index (χ3n) is 2.30. The van der Waals surface area contributed by atoms with E-state index >= 15 is 0 Å². The van der Waals surface area contributed by atoms with Crippen molar-refractivity contribution in [3.05, 3.63) is 21.9 Å². The minimum Gasteiger partial charge on any atom is -0.448 e. The van der Waals surface area contributed by atoms with Gasteiger partial charge >= 0.3 is 6.09 Å². The highest BCUT2D eigenvalue weighted by Gasteiger charge is 2.22. The molecule has 1 N–H and O–H groups in total. The summed E-state index contributed by atoms with van der Waals surface area (Å²) in [6, 6.07) is 3.91. The molecule has 0 saturated carbocycles. The summed E-state index contributed by atoms with van der Waals surface area (Å²) in [7, 11) is 0. The van der Waals surface area contributed by atoms with Crippen LogP contribution in [0.5, 0.6) is 0 Å². The first kappa shape index (κ1) is 12.0. The number of nitrogens with zero attached hydrogens (tertiary/aromatic N) is 1. The zero-order chi connectivity index (χ0) is 12.1. The van der Waals surface area contributed by atoms with Gasteiger partial charge < -0.3 is 9.84 Å². The molecule has 0 atom stereocenters. The first-order chi connectivity index (χ1) is 8.29. The van der Waals surface area contributed by atoms with Crippen LogP contribution in [0.25, 0.3) is 0 Å². The van der Waals surface area contributed by atoms with Crippen LogP contribution < -0.4 is 0 Å². The summed E-state index contributed by atoms with van der Waals surface area (Å²) in [5.41, 5.74) is 0. The van der Waals surface area contributed by atoms with Crippen LogP contribution in [0.3, 0.4) is 0 Å². The second-order valence-electron chi connectivity index (χ2n) is 3.58. The predicted octanol–water partition coefficient (Wildman–Crippen LogP) is 1.43. The predicted molar refractivity (Wildman–Crippen MR) is 64.7 cm³/mol. The number of carbonyl (C=O) groups excluding carboxylic acids is 1. The van der Waals surface area contributed by atoms with Crippen LogP contribution in [0.2, 0.25) is 0 Å². The highest BCUT2D eigenvalue weighted by atomic mass is 32.1. The van der Waals surface area contributed by atoms with Crippen molar-refractivity contribution in [2.24, 2.45) is 0 Å². The summed E-state index contributed by atoms with van der Waals surface area (Å²) in [6.45, 7) is 1.81. The summed E-state index contributed by atoms with van der Waals surface area (Å²) in [5, 5.41) is 8.61. The fourth-order valence-electron chi connectivity index (χ4n) is 1.49. The third-order valence-corrected chi connectivity index (χ3v) is 3.29. The van der Waals surface area contributed by atoms with E-state index in [1.54, 1.807) is 16.2 Å². The summed E-state index contributed by atoms with van der Waals surface area (Å²) >= 11 is 1.57. The maximum atomic E-state index is 11.2. The molecule has 4 nitrogen and oxygen atoms in total. The van der Waals surface area contributed by atoms with Crippen LogP contribution >= 0.6 is 11.3 Å². The first-order valence-corrected chi connectivity index (χ1v) is 6.21. The van der Waals surface area contributed by atoms with Crippen molar-refractivity contribution in [1.82, 2.24) is 4.90 Å². The number of cyclic esters (lactones) is 1. The lowest BCUT2D eigenvalue weighted by Gasteiger charge is -2.09. The van der Waals surface area contributed by atoms with Crippen LogP contribution in [0.4, 0.5) is 4.79 Å². The molecule has 1 aromatic heterocycles. The summed E-state index contributed by atoms with van der Waals surface area (Å²) in [5.74, 6) is 5.85. The number of amides is 1. The molecule has 17 heavy (non-hydrogen) atoms. The molecular weight excluding hydrogens is 238 g/mol. The molecule has 5 heteroatoms. The van der Waals surface area contributed by atoms with Crippen LogP contribution in [-0.4, -0.2) is 35.9 Å². The Morgan fingerprint density at radius 1 is 1.53 bits per heavy atom. The molecule has 2 rings (SSSR count). The zero-order valence-electron chi connectivity index (χ0n) is 9.31. The first-order valence-electron chi connectivity index (χ1n) is 5.40. The molecule has 1 aliphatic heterocycles. The van der Waals surface area contributed by atoms with Gasteiger partial charge in [0.05, 0.1) is 24.6 Å². The molecule has 1 aliphatic rings. The van der Waals surface area contributed by atoms with Crippen LogP contribution in [0.1, 0.15) is 16.2 Å². The minimum atomic E-state index is -0.244. The molecule has 0 radical (unpaired) electrons. The Bertz CT molecular complexity index is 458. The number of aliphatic hydroxyl groups excluding tert-OH is 1. The maximum absolute atomic E-state index is 11.2. The van der Waals surface area contributed by atoms with Crippen LogP contribution in [0.15, 0.2) is 12.1 Å². The van der Waals surface area contributed by atoms with Gasteiger partial charge in [0.15, 0.2) is 0 Å². The second-order valence-corrected chi connectivity index (χ2v) is 4.75. The monoisotopic (exact) mass is 251 g/mol. The van der Waals surface area contributed by atoms with Crippen molar-refractivity contribution in [3.63, 3.8) is 0 Å². The van der Waals surface area contributed by atoms with E-state index in [0.717, 1.165) is 9.75 Å². The third kappa shape index (κ3) is 3.22. The highest BCUT2D eigenvalue weighted by molar-refractivity contribution is 7.12. The molecule has 0 spiro atoms. The van der Waals surface area contributed by atoms with Crippen LogP contribution in [-0.2, 0) is 11.3 Å². The van der Waals surface area contributed by atoms with E-state index in [1.165, 1.54) is 0 Å². The summed E-state index contributed by atoms with van der Waals surface area (Å²) < 4.78 is 4.86. The smallest absolute Gasteiger partial charge is 0.410 e. The van der Waals surface area contributed by atoms with Crippen molar-refractivity contribution >= 4 is 17.4 Å². The topological polar surface area (TPSA) is 49.8 Å². The molecule has 2 heterocycles. The van der Waals surface area contributed by atoms with Crippen molar-refractivity contribution in [2.45, 2.75) is 13.0 Å². The van der Waals surface area contributed by atoms with E-state index in [0.29, 0.717) is 26.1 Å².